The van der Waals surface area contributed by atoms with Crippen molar-refractivity contribution in [3.05, 3.63) is 64.1 Å². The maximum atomic E-state index is 12.2. The van der Waals surface area contributed by atoms with Gasteiger partial charge in [0.25, 0.3) is 10.0 Å². The van der Waals surface area contributed by atoms with Crippen LogP contribution in [0.3, 0.4) is 0 Å². The molecule has 0 spiro atoms. The van der Waals surface area contributed by atoms with Gasteiger partial charge in [-0.05, 0) is 36.1 Å². The molecule has 0 amide bonds. The molecular formula is C15H14ClN3O2S2. The minimum atomic E-state index is -3.58. The molecule has 0 saturated heterocycles. The first-order valence-corrected chi connectivity index (χ1v) is 9.53. The molecule has 0 saturated carbocycles. The van der Waals surface area contributed by atoms with Gasteiger partial charge in [0.05, 0.1) is 6.54 Å². The zero-order chi connectivity index (χ0) is 16.4. The molecule has 2 aromatic heterocycles. The summed E-state index contributed by atoms with van der Waals surface area (Å²) in [7, 11) is -3.58. The van der Waals surface area contributed by atoms with Gasteiger partial charge in [-0.1, -0.05) is 29.8 Å². The molecule has 0 bridgehead atoms. The van der Waals surface area contributed by atoms with E-state index >= 15 is 0 Å². The number of nitrogens with one attached hydrogen (secondary N) is 1. The number of thiophene rings is 1. The van der Waals surface area contributed by atoms with Crippen molar-refractivity contribution in [2.45, 2.75) is 17.7 Å². The second-order valence-electron chi connectivity index (χ2n) is 4.99. The van der Waals surface area contributed by atoms with E-state index in [0.29, 0.717) is 17.4 Å². The van der Waals surface area contributed by atoms with Gasteiger partial charge in [0.2, 0.25) is 0 Å². The number of rotatable bonds is 5. The van der Waals surface area contributed by atoms with Crippen molar-refractivity contribution in [2.24, 2.45) is 0 Å². The van der Waals surface area contributed by atoms with Gasteiger partial charge in [-0.3, -0.25) is 9.40 Å². The number of aromatic nitrogens is 2. The van der Waals surface area contributed by atoms with Gasteiger partial charge in [-0.2, -0.15) is 5.10 Å². The van der Waals surface area contributed by atoms with E-state index in [4.69, 9.17) is 11.6 Å². The third kappa shape index (κ3) is 3.74. The minimum absolute atomic E-state index is 0.266. The molecule has 5 nitrogen and oxygen atoms in total. The highest BCUT2D eigenvalue weighted by atomic mass is 35.5. The van der Waals surface area contributed by atoms with Gasteiger partial charge in [0.15, 0.2) is 5.82 Å². The topological polar surface area (TPSA) is 64.0 Å². The van der Waals surface area contributed by atoms with Gasteiger partial charge in [-0.15, -0.1) is 11.3 Å². The van der Waals surface area contributed by atoms with E-state index in [2.05, 4.69) is 9.82 Å². The van der Waals surface area contributed by atoms with Crippen molar-refractivity contribution < 1.29 is 8.42 Å². The Morgan fingerprint density at radius 1 is 1.26 bits per heavy atom. The van der Waals surface area contributed by atoms with Crippen LogP contribution in [-0.4, -0.2) is 18.2 Å². The SMILES string of the molecule is Cc1cc(NS(=O)(=O)c2cccs2)nn1Cc1ccc(Cl)cc1. The number of hydrogen-bond acceptors (Lipinski definition) is 4. The molecule has 0 aliphatic rings. The quantitative estimate of drug-likeness (QED) is 0.746. The Kier molecular flexibility index (Phi) is 4.43. The van der Waals surface area contributed by atoms with Crippen LogP contribution in [0.4, 0.5) is 5.82 Å². The summed E-state index contributed by atoms with van der Waals surface area (Å²) in [5.74, 6) is 0.310. The molecular weight excluding hydrogens is 354 g/mol. The highest BCUT2D eigenvalue weighted by Crippen LogP contribution is 2.20. The Balaban J connectivity index is 1.80. The zero-order valence-corrected chi connectivity index (χ0v) is 14.6. The summed E-state index contributed by atoms with van der Waals surface area (Å²) < 4.78 is 28.9. The van der Waals surface area contributed by atoms with E-state index in [1.54, 1.807) is 28.3 Å². The molecule has 3 rings (SSSR count). The Morgan fingerprint density at radius 3 is 2.65 bits per heavy atom. The molecule has 8 heteroatoms. The van der Waals surface area contributed by atoms with Crippen molar-refractivity contribution in [3.8, 4) is 0 Å². The van der Waals surface area contributed by atoms with Crippen LogP contribution in [0.1, 0.15) is 11.3 Å². The summed E-state index contributed by atoms with van der Waals surface area (Å²) in [6.45, 7) is 2.43. The van der Waals surface area contributed by atoms with Gasteiger partial charge in [0.1, 0.15) is 4.21 Å². The van der Waals surface area contributed by atoms with Crippen LogP contribution in [0.2, 0.25) is 5.02 Å². The van der Waals surface area contributed by atoms with E-state index in [1.807, 2.05) is 31.2 Å². The maximum absolute atomic E-state index is 12.2. The number of nitrogens with zero attached hydrogens (tertiary/aromatic N) is 2. The molecule has 0 aliphatic heterocycles. The number of hydrogen-bond donors (Lipinski definition) is 1. The van der Waals surface area contributed by atoms with Crippen LogP contribution in [0.25, 0.3) is 0 Å². The summed E-state index contributed by atoms with van der Waals surface area (Å²) in [5, 5.41) is 6.72. The normalized spacial score (nSPS) is 11.6. The highest BCUT2D eigenvalue weighted by molar-refractivity contribution is 7.94. The first-order valence-electron chi connectivity index (χ1n) is 6.79. The Bertz CT molecular complexity index is 901. The number of halogens is 1. The summed E-state index contributed by atoms with van der Waals surface area (Å²) in [4.78, 5) is 0. The van der Waals surface area contributed by atoms with Crippen molar-refractivity contribution in [1.29, 1.82) is 0 Å². The smallest absolute Gasteiger partial charge is 0.263 e. The fourth-order valence-corrected chi connectivity index (χ4v) is 4.19. The molecule has 0 atom stereocenters. The Hall–Kier alpha value is -1.83. The predicted octanol–water partition coefficient (Wildman–Crippen LogP) is 3.76. The predicted molar refractivity (Wildman–Crippen MR) is 92.6 cm³/mol. The zero-order valence-electron chi connectivity index (χ0n) is 12.2. The number of aryl methyl sites for hydroxylation is 1. The lowest BCUT2D eigenvalue weighted by atomic mass is 10.2. The number of anilines is 1. The molecule has 1 N–H and O–H groups in total. The number of benzene rings is 1. The third-order valence-electron chi connectivity index (χ3n) is 3.23. The minimum Gasteiger partial charge on any atom is -0.263 e. The van der Waals surface area contributed by atoms with E-state index in [1.165, 1.54) is 11.3 Å². The van der Waals surface area contributed by atoms with E-state index < -0.39 is 10.0 Å². The van der Waals surface area contributed by atoms with Gasteiger partial charge >= 0.3 is 0 Å². The Labute approximate surface area is 143 Å². The molecule has 23 heavy (non-hydrogen) atoms. The summed E-state index contributed by atoms with van der Waals surface area (Å²) in [6.07, 6.45) is 0. The van der Waals surface area contributed by atoms with Crippen LogP contribution in [-0.2, 0) is 16.6 Å². The molecule has 0 unspecified atom stereocenters. The molecule has 2 heterocycles. The summed E-state index contributed by atoms with van der Waals surface area (Å²) in [6, 6.07) is 12.4. The van der Waals surface area contributed by atoms with Crippen LogP contribution in [0, 0.1) is 6.92 Å². The largest absolute Gasteiger partial charge is 0.272 e. The lowest BCUT2D eigenvalue weighted by Crippen LogP contribution is -2.12. The van der Waals surface area contributed by atoms with Gasteiger partial charge in [0, 0.05) is 16.8 Å². The van der Waals surface area contributed by atoms with Crippen molar-refractivity contribution >= 4 is 38.8 Å². The lowest BCUT2D eigenvalue weighted by molar-refractivity contribution is 0.602. The first kappa shape index (κ1) is 16.0. The first-order chi connectivity index (χ1) is 10.9. The van der Waals surface area contributed by atoms with Crippen molar-refractivity contribution in [1.82, 2.24) is 9.78 Å². The average molecular weight is 368 g/mol. The second kappa shape index (κ2) is 6.35. The van der Waals surface area contributed by atoms with Crippen LogP contribution >= 0.6 is 22.9 Å². The van der Waals surface area contributed by atoms with E-state index in [9.17, 15) is 8.42 Å². The maximum Gasteiger partial charge on any atom is 0.272 e. The monoisotopic (exact) mass is 367 g/mol. The third-order valence-corrected chi connectivity index (χ3v) is 6.23. The fourth-order valence-electron chi connectivity index (χ4n) is 2.09. The summed E-state index contributed by atoms with van der Waals surface area (Å²) in [5.41, 5.74) is 1.90. The van der Waals surface area contributed by atoms with E-state index in [0.717, 1.165) is 11.3 Å². The molecule has 0 fully saturated rings. The molecule has 0 aliphatic carbocycles. The molecule has 1 aromatic carbocycles. The fraction of sp³-hybridized carbons (Fsp3) is 0.133. The second-order valence-corrected chi connectivity index (χ2v) is 8.29. The van der Waals surface area contributed by atoms with Crippen LogP contribution < -0.4 is 4.72 Å². The molecule has 0 radical (unpaired) electrons. The lowest BCUT2D eigenvalue weighted by Gasteiger charge is -2.05. The average Bonchev–Trinajstić information content (AvgIpc) is 3.12. The van der Waals surface area contributed by atoms with Crippen LogP contribution in [0.15, 0.2) is 52.1 Å². The summed E-state index contributed by atoms with van der Waals surface area (Å²) >= 11 is 7.04. The van der Waals surface area contributed by atoms with Crippen molar-refractivity contribution in [2.75, 3.05) is 4.72 Å². The molecule has 3 aromatic rings. The molecule has 120 valence electrons. The highest BCUT2D eigenvalue weighted by Gasteiger charge is 2.17. The van der Waals surface area contributed by atoms with E-state index in [-0.39, 0.29) is 4.21 Å². The van der Waals surface area contributed by atoms with Crippen molar-refractivity contribution in [3.63, 3.8) is 0 Å². The van der Waals surface area contributed by atoms with Gasteiger partial charge < -0.3 is 0 Å². The standard InChI is InChI=1S/C15H14ClN3O2S2/c1-11-9-14(18-23(20,21)15-3-2-8-22-15)17-19(11)10-12-4-6-13(16)7-5-12/h2-9H,10H2,1H3,(H,17,18). The van der Waals surface area contributed by atoms with Crippen LogP contribution in [0.5, 0.6) is 0 Å². The van der Waals surface area contributed by atoms with Gasteiger partial charge in [-0.25, -0.2) is 8.42 Å². The Morgan fingerprint density at radius 2 is 2.00 bits per heavy atom. The number of sulfonamides is 1.